The minimum atomic E-state index is -4.30. The summed E-state index contributed by atoms with van der Waals surface area (Å²) in [4.78, 5) is -0.573. The topological polar surface area (TPSA) is 87.4 Å². The molecule has 1 aromatic rings. The smallest absolute Gasteiger partial charge is 0.249 e. The second-order valence-electron chi connectivity index (χ2n) is 3.46. The third kappa shape index (κ3) is 3.25. The third-order valence-electron chi connectivity index (χ3n) is 1.64. The minimum absolute atomic E-state index is 0.573. The lowest BCUT2D eigenvalue weighted by atomic mass is 10.2. The molecule has 0 aliphatic heterocycles. The second-order valence-corrected chi connectivity index (χ2v) is 7.80. The van der Waals surface area contributed by atoms with E-state index in [0.29, 0.717) is 0 Å². The van der Waals surface area contributed by atoms with E-state index in [1.165, 1.54) is 6.07 Å². The maximum Gasteiger partial charge on any atom is 0.291 e. The molecule has 0 bridgehead atoms. The molecule has 8 heteroatoms. The summed E-state index contributed by atoms with van der Waals surface area (Å²) in [6, 6.07) is 4.61. The van der Waals surface area contributed by atoms with E-state index in [1.807, 2.05) is 0 Å². The van der Waals surface area contributed by atoms with Gasteiger partial charge in [0.2, 0.25) is 0 Å². The highest BCUT2D eigenvalue weighted by molar-refractivity contribution is 8.02. The predicted octanol–water partition coefficient (Wildman–Crippen LogP) is 1.11. The van der Waals surface area contributed by atoms with Crippen LogP contribution in [0.3, 0.4) is 0 Å². The van der Waals surface area contributed by atoms with Gasteiger partial charge in [0.15, 0.2) is 0 Å². The summed E-state index contributed by atoms with van der Waals surface area (Å²) in [6.07, 6.45) is 2.27. The number of halogens is 1. The molecule has 0 radical (unpaired) electrons. The monoisotopic (exact) mass is 276 g/mol. The van der Waals surface area contributed by atoms with Crippen LogP contribution in [0.5, 0.6) is 0 Å². The van der Waals surface area contributed by atoms with Gasteiger partial charge in [-0.15, -0.1) is 3.77 Å². The number of sulfonamides is 1. The van der Waals surface area contributed by atoms with Gasteiger partial charge in [-0.1, -0.05) is 6.07 Å². The average molecular weight is 276 g/mol. The normalized spacial score (nSPS) is 11.9. The first kappa shape index (κ1) is 13.6. The van der Waals surface area contributed by atoms with Crippen LogP contribution in [0.1, 0.15) is 5.56 Å². The van der Waals surface area contributed by atoms with Crippen molar-refractivity contribution in [2.24, 2.45) is 3.77 Å². The summed E-state index contributed by atoms with van der Waals surface area (Å²) >= 11 is 0. The van der Waals surface area contributed by atoms with Gasteiger partial charge in [0.1, 0.15) is 22.3 Å². The van der Waals surface area contributed by atoms with Gasteiger partial charge in [0.25, 0.3) is 10.0 Å². The highest BCUT2D eigenvalue weighted by Gasteiger charge is 2.21. The van der Waals surface area contributed by atoms with Crippen LogP contribution in [0.15, 0.2) is 26.9 Å². The Kier molecular flexibility index (Phi) is 3.54. The fourth-order valence-electron chi connectivity index (χ4n) is 1.10. The summed E-state index contributed by atoms with van der Waals surface area (Å²) in [5, 5.41) is 8.69. The molecule has 0 aliphatic rings. The molecule has 1 aromatic carbocycles. The highest BCUT2D eigenvalue weighted by atomic mass is 32.3. The third-order valence-corrected chi connectivity index (χ3v) is 4.76. The second kappa shape index (κ2) is 4.43. The van der Waals surface area contributed by atoms with Gasteiger partial charge in [0.05, 0.1) is 9.73 Å². The Balaban J connectivity index is 3.64. The molecule has 0 amide bonds. The van der Waals surface area contributed by atoms with Crippen LogP contribution >= 0.6 is 0 Å². The van der Waals surface area contributed by atoms with Gasteiger partial charge < -0.3 is 0 Å². The highest BCUT2D eigenvalue weighted by Crippen LogP contribution is 2.20. The number of hydrogen-bond donors (Lipinski definition) is 0. The van der Waals surface area contributed by atoms with Crippen molar-refractivity contribution < 1.29 is 17.0 Å². The van der Waals surface area contributed by atoms with E-state index in [9.17, 15) is 17.0 Å². The Morgan fingerprint density at radius 2 is 1.88 bits per heavy atom. The van der Waals surface area contributed by atoms with E-state index in [2.05, 4.69) is 3.77 Å². The maximum atomic E-state index is 13.2. The lowest BCUT2D eigenvalue weighted by Gasteiger charge is -2.02. The SMILES string of the molecule is CS(C)(=O)=NS(=O)(=O)c1cccc(F)c1C#N. The lowest BCUT2D eigenvalue weighted by molar-refractivity contribution is 0.591. The zero-order valence-corrected chi connectivity index (χ0v) is 10.7. The summed E-state index contributed by atoms with van der Waals surface area (Å²) in [7, 11) is -7.21. The molecular formula is C9H9FN2O3S2. The summed E-state index contributed by atoms with van der Waals surface area (Å²) < 4.78 is 51.1. The van der Waals surface area contributed by atoms with Crippen LogP contribution in [-0.4, -0.2) is 25.1 Å². The number of nitriles is 1. The first-order valence-electron chi connectivity index (χ1n) is 4.29. The van der Waals surface area contributed by atoms with E-state index in [4.69, 9.17) is 5.26 Å². The van der Waals surface area contributed by atoms with Gasteiger partial charge in [-0.3, -0.25) is 0 Å². The summed E-state index contributed by atoms with van der Waals surface area (Å²) in [6.45, 7) is 0. The zero-order valence-electron chi connectivity index (χ0n) is 9.05. The Morgan fingerprint density at radius 3 is 2.35 bits per heavy atom. The largest absolute Gasteiger partial charge is 0.291 e. The lowest BCUT2D eigenvalue weighted by Crippen LogP contribution is -2.05. The summed E-state index contributed by atoms with van der Waals surface area (Å²) in [5.74, 6) is -0.956. The van der Waals surface area contributed by atoms with Crippen LogP contribution in [0, 0.1) is 17.1 Å². The fraction of sp³-hybridized carbons (Fsp3) is 0.222. The molecule has 0 saturated heterocycles. The summed E-state index contributed by atoms with van der Waals surface area (Å²) in [5.41, 5.74) is -0.625. The zero-order chi connectivity index (χ0) is 13.3. The first-order chi connectivity index (χ1) is 7.67. The number of rotatable bonds is 2. The van der Waals surface area contributed by atoms with E-state index in [-0.39, 0.29) is 0 Å². The van der Waals surface area contributed by atoms with Crippen molar-refractivity contribution >= 4 is 19.8 Å². The standard InChI is InChI=1S/C9H9FN2O3S2/c1-16(2,13)12-17(14,15)9-5-3-4-8(10)7(9)6-11/h3-5H,1-2H3. The molecule has 0 saturated carbocycles. The molecule has 0 unspecified atom stereocenters. The van der Waals surface area contributed by atoms with Gasteiger partial charge in [-0.05, 0) is 12.1 Å². The molecule has 17 heavy (non-hydrogen) atoms. The number of nitrogens with zero attached hydrogens (tertiary/aromatic N) is 2. The Bertz CT molecular complexity index is 702. The van der Waals surface area contributed by atoms with Gasteiger partial charge >= 0.3 is 0 Å². The molecular weight excluding hydrogens is 267 g/mol. The quantitative estimate of drug-likeness (QED) is 0.809. The average Bonchev–Trinajstić information content (AvgIpc) is 2.13. The van der Waals surface area contributed by atoms with Crippen LogP contribution in [0.25, 0.3) is 0 Å². The molecule has 0 spiro atoms. The fourth-order valence-corrected chi connectivity index (χ4v) is 3.97. The van der Waals surface area contributed by atoms with Crippen molar-refractivity contribution in [1.82, 2.24) is 0 Å². The van der Waals surface area contributed by atoms with Gasteiger partial charge in [-0.2, -0.15) is 13.7 Å². The van der Waals surface area contributed by atoms with Crippen molar-refractivity contribution in [2.75, 3.05) is 12.5 Å². The predicted molar refractivity (Wildman–Crippen MR) is 60.7 cm³/mol. The van der Waals surface area contributed by atoms with E-state index in [1.54, 1.807) is 0 Å². The number of benzene rings is 1. The van der Waals surface area contributed by atoms with Crippen LogP contribution in [0.2, 0.25) is 0 Å². The van der Waals surface area contributed by atoms with E-state index < -0.39 is 36.0 Å². The van der Waals surface area contributed by atoms with Crippen molar-refractivity contribution in [1.29, 1.82) is 5.26 Å². The Hall–Kier alpha value is -1.46. The minimum Gasteiger partial charge on any atom is -0.249 e. The molecule has 0 heterocycles. The van der Waals surface area contributed by atoms with E-state index in [0.717, 1.165) is 30.7 Å². The molecule has 0 aromatic heterocycles. The van der Waals surface area contributed by atoms with Crippen LogP contribution < -0.4 is 0 Å². The Morgan fingerprint density at radius 1 is 1.29 bits per heavy atom. The van der Waals surface area contributed by atoms with Crippen LogP contribution in [-0.2, 0) is 19.8 Å². The van der Waals surface area contributed by atoms with Gasteiger partial charge in [-0.25, -0.2) is 8.60 Å². The van der Waals surface area contributed by atoms with Gasteiger partial charge in [0, 0.05) is 12.5 Å². The van der Waals surface area contributed by atoms with Crippen molar-refractivity contribution in [2.45, 2.75) is 4.90 Å². The maximum absolute atomic E-state index is 13.2. The van der Waals surface area contributed by atoms with Crippen LogP contribution in [0.4, 0.5) is 4.39 Å². The molecule has 1 rings (SSSR count). The van der Waals surface area contributed by atoms with Crippen molar-refractivity contribution in [3.63, 3.8) is 0 Å². The van der Waals surface area contributed by atoms with E-state index >= 15 is 0 Å². The molecule has 0 atom stereocenters. The molecule has 92 valence electrons. The van der Waals surface area contributed by atoms with Crippen molar-refractivity contribution in [3.8, 4) is 6.07 Å². The molecule has 0 N–H and O–H groups in total. The van der Waals surface area contributed by atoms with Crippen molar-refractivity contribution in [3.05, 3.63) is 29.6 Å². The number of hydrogen-bond acceptors (Lipinski definition) is 4. The molecule has 0 aliphatic carbocycles. The Labute approximate surface area is 99.1 Å². The first-order valence-corrected chi connectivity index (χ1v) is 8.06. The molecule has 5 nitrogen and oxygen atoms in total. The molecule has 0 fully saturated rings.